The van der Waals surface area contributed by atoms with E-state index in [4.69, 9.17) is 34.2 Å². The van der Waals surface area contributed by atoms with Crippen molar-refractivity contribution >= 4 is 24.2 Å². The highest BCUT2D eigenvalue weighted by atomic mass is 16.7. The van der Waals surface area contributed by atoms with Gasteiger partial charge < -0.3 is 34.2 Å². The molecule has 0 aromatic heterocycles. The fourth-order valence-electron chi connectivity index (χ4n) is 2.62. The zero-order valence-corrected chi connectivity index (χ0v) is 21.0. The van der Waals surface area contributed by atoms with Crippen molar-refractivity contribution in [3.63, 3.8) is 0 Å². The highest BCUT2D eigenvalue weighted by Gasteiger charge is 2.21. The summed E-state index contributed by atoms with van der Waals surface area (Å²) in [7, 11) is 0. The molecule has 11 heteroatoms. The van der Waals surface area contributed by atoms with Crippen LogP contribution in [0.1, 0.15) is 59.9 Å². The largest absolute Gasteiger partial charge is 0.514 e. The second-order valence-electron chi connectivity index (χ2n) is 8.31. The molecule has 0 saturated heterocycles. The average molecular weight is 498 g/mol. The number of hydrogen-bond donors (Lipinski definition) is 1. The third-order valence-electron chi connectivity index (χ3n) is 4.06. The molecular weight excluding hydrogens is 462 g/mol. The number of benzene rings is 1. The Morgan fingerprint density at radius 3 is 1.97 bits per heavy atom. The maximum absolute atomic E-state index is 12.3. The summed E-state index contributed by atoms with van der Waals surface area (Å²) < 4.78 is 30.5. The summed E-state index contributed by atoms with van der Waals surface area (Å²) in [6.45, 7) is 9.91. The zero-order chi connectivity index (χ0) is 26.5. The minimum atomic E-state index is -1.05. The smallest absolute Gasteiger partial charge is 0.461 e. The van der Waals surface area contributed by atoms with Crippen LogP contribution >= 0.6 is 0 Å². The minimum Gasteiger partial charge on any atom is -0.461 e. The molecule has 35 heavy (non-hydrogen) atoms. The normalized spacial score (nSPS) is 12.5. The van der Waals surface area contributed by atoms with Crippen molar-refractivity contribution in [1.82, 2.24) is 0 Å². The van der Waals surface area contributed by atoms with Gasteiger partial charge in [0, 0.05) is 6.42 Å². The standard InChI is InChI=1S/C24H35NO10/c1-7-8-21(26)33-16(6)13-30-22(27)18(25)11-17-9-10-19(34-23(28)31-14(2)3)20(12-17)35-24(29)32-15(4)5/h9-10,12,14-16,18H,7-8,11,13,25H2,1-6H3/t16-,18-/m0/s1. The Labute approximate surface area is 205 Å². The molecule has 0 heterocycles. The average Bonchev–Trinajstić information content (AvgIpc) is 2.72. The Hall–Kier alpha value is -3.34. The molecule has 0 aliphatic rings. The van der Waals surface area contributed by atoms with Gasteiger partial charge in [-0.2, -0.15) is 0 Å². The van der Waals surface area contributed by atoms with E-state index in [1.54, 1.807) is 40.7 Å². The third kappa shape index (κ3) is 12.1. The number of ether oxygens (including phenoxy) is 6. The van der Waals surface area contributed by atoms with E-state index < -0.39 is 42.6 Å². The number of rotatable bonds is 12. The number of carbonyl (C=O) groups excluding carboxylic acids is 4. The van der Waals surface area contributed by atoms with E-state index in [9.17, 15) is 19.2 Å². The van der Waals surface area contributed by atoms with E-state index in [1.165, 1.54) is 12.1 Å². The lowest BCUT2D eigenvalue weighted by atomic mass is 10.1. The van der Waals surface area contributed by atoms with E-state index in [0.717, 1.165) is 0 Å². The maximum Gasteiger partial charge on any atom is 0.514 e. The third-order valence-corrected chi connectivity index (χ3v) is 4.06. The summed E-state index contributed by atoms with van der Waals surface area (Å²) in [6.07, 6.45) is -2.50. The minimum absolute atomic E-state index is 0.0230. The van der Waals surface area contributed by atoms with Crippen LogP contribution in [0.25, 0.3) is 0 Å². The van der Waals surface area contributed by atoms with Gasteiger partial charge in [0.25, 0.3) is 0 Å². The first kappa shape index (κ1) is 29.7. The number of carbonyl (C=O) groups is 4. The highest BCUT2D eigenvalue weighted by molar-refractivity contribution is 5.76. The van der Waals surface area contributed by atoms with Gasteiger partial charge in [0.15, 0.2) is 11.5 Å². The van der Waals surface area contributed by atoms with Crippen LogP contribution in [0, 0.1) is 0 Å². The monoisotopic (exact) mass is 497 g/mol. The van der Waals surface area contributed by atoms with Gasteiger partial charge in [-0.25, -0.2) is 9.59 Å². The van der Waals surface area contributed by atoms with Crippen molar-refractivity contribution in [3.05, 3.63) is 23.8 Å². The molecule has 2 N–H and O–H groups in total. The summed E-state index contributed by atoms with van der Waals surface area (Å²) in [6, 6.07) is 3.26. The molecule has 0 aliphatic carbocycles. The van der Waals surface area contributed by atoms with Crippen LogP contribution < -0.4 is 15.2 Å². The predicted octanol–water partition coefficient (Wildman–Crippen LogP) is 3.68. The first-order valence-electron chi connectivity index (χ1n) is 11.4. The highest BCUT2D eigenvalue weighted by Crippen LogP contribution is 2.30. The van der Waals surface area contributed by atoms with E-state index in [-0.39, 0.29) is 36.9 Å². The summed E-state index contributed by atoms with van der Waals surface area (Å²) in [4.78, 5) is 47.7. The molecule has 0 aliphatic heterocycles. The van der Waals surface area contributed by atoms with E-state index in [2.05, 4.69) is 0 Å². The summed E-state index contributed by atoms with van der Waals surface area (Å²) in [5.41, 5.74) is 6.45. The number of nitrogens with two attached hydrogens (primary N) is 1. The van der Waals surface area contributed by atoms with E-state index in [1.807, 2.05) is 6.92 Å². The Kier molecular flexibility index (Phi) is 12.6. The van der Waals surface area contributed by atoms with Crippen molar-refractivity contribution in [2.24, 2.45) is 5.73 Å². The molecule has 0 spiro atoms. The summed E-state index contributed by atoms with van der Waals surface area (Å²) >= 11 is 0. The van der Waals surface area contributed by atoms with Crippen molar-refractivity contribution in [2.75, 3.05) is 6.61 Å². The Bertz CT molecular complexity index is 868. The van der Waals surface area contributed by atoms with Gasteiger partial charge in [0.2, 0.25) is 0 Å². The molecule has 0 saturated carbocycles. The topological polar surface area (TPSA) is 150 Å². The molecule has 1 aromatic carbocycles. The molecule has 1 rings (SSSR count). The lowest BCUT2D eigenvalue weighted by Crippen LogP contribution is -2.36. The van der Waals surface area contributed by atoms with Crippen molar-refractivity contribution in [1.29, 1.82) is 0 Å². The van der Waals surface area contributed by atoms with Gasteiger partial charge in [0.05, 0.1) is 12.2 Å². The molecule has 0 bridgehead atoms. The van der Waals surface area contributed by atoms with Crippen LogP contribution in [0.15, 0.2) is 18.2 Å². The number of esters is 2. The molecule has 2 atom stereocenters. The molecular formula is C24H35NO10. The molecule has 0 radical (unpaired) electrons. The van der Waals surface area contributed by atoms with Crippen molar-refractivity contribution in [2.45, 2.75) is 85.2 Å². The van der Waals surface area contributed by atoms with Crippen LogP contribution in [0.5, 0.6) is 11.5 Å². The van der Waals surface area contributed by atoms with Gasteiger partial charge in [-0.05, 0) is 65.2 Å². The molecule has 196 valence electrons. The van der Waals surface area contributed by atoms with Gasteiger partial charge >= 0.3 is 24.2 Å². The summed E-state index contributed by atoms with van der Waals surface area (Å²) in [5.74, 6) is -1.28. The Balaban J connectivity index is 2.86. The Morgan fingerprint density at radius 1 is 0.857 bits per heavy atom. The van der Waals surface area contributed by atoms with Crippen LogP contribution in [-0.4, -0.2) is 55.2 Å². The van der Waals surface area contributed by atoms with Gasteiger partial charge in [-0.3, -0.25) is 9.59 Å². The predicted molar refractivity (Wildman–Crippen MR) is 124 cm³/mol. The maximum atomic E-state index is 12.3. The van der Waals surface area contributed by atoms with Gasteiger partial charge in [-0.15, -0.1) is 0 Å². The fraction of sp³-hybridized carbons (Fsp3) is 0.583. The van der Waals surface area contributed by atoms with E-state index in [0.29, 0.717) is 12.0 Å². The van der Waals surface area contributed by atoms with Crippen molar-refractivity contribution < 1.29 is 47.6 Å². The van der Waals surface area contributed by atoms with Crippen molar-refractivity contribution in [3.8, 4) is 11.5 Å². The molecule has 0 unspecified atom stereocenters. The first-order valence-corrected chi connectivity index (χ1v) is 11.4. The second-order valence-corrected chi connectivity index (χ2v) is 8.31. The summed E-state index contributed by atoms with van der Waals surface area (Å²) in [5, 5.41) is 0. The number of hydrogen-bond acceptors (Lipinski definition) is 11. The van der Waals surface area contributed by atoms with Gasteiger partial charge in [0.1, 0.15) is 18.8 Å². The fourth-order valence-corrected chi connectivity index (χ4v) is 2.62. The second kappa shape index (κ2) is 14.8. The van der Waals surface area contributed by atoms with Gasteiger partial charge in [-0.1, -0.05) is 13.0 Å². The first-order chi connectivity index (χ1) is 16.4. The molecule has 1 aromatic rings. The zero-order valence-electron chi connectivity index (χ0n) is 21.0. The Morgan fingerprint density at radius 2 is 1.43 bits per heavy atom. The van der Waals surface area contributed by atoms with Crippen LogP contribution in [0.3, 0.4) is 0 Å². The lowest BCUT2D eigenvalue weighted by Gasteiger charge is -2.17. The molecule has 0 amide bonds. The quantitative estimate of drug-likeness (QED) is 0.256. The van der Waals surface area contributed by atoms with Crippen LogP contribution in [0.2, 0.25) is 0 Å². The van der Waals surface area contributed by atoms with Crippen LogP contribution in [-0.2, 0) is 35.0 Å². The SMILES string of the molecule is CCCC(=O)O[C@@H](C)COC(=O)[C@@H](N)Cc1ccc(OC(=O)OC(C)C)c(OC(=O)OC(C)C)c1. The van der Waals surface area contributed by atoms with E-state index >= 15 is 0 Å². The molecule has 0 fully saturated rings. The van der Waals surface area contributed by atoms with Crippen LogP contribution in [0.4, 0.5) is 9.59 Å². The molecule has 11 nitrogen and oxygen atoms in total. The lowest BCUT2D eigenvalue weighted by molar-refractivity contribution is -0.158.